The third-order valence-corrected chi connectivity index (χ3v) is 5.80. The first-order valence-corrected chi connectivity index (χ1v) is 10.7. The van der Waals surface area contributed by atoms with Crippen molar-refractivity contribution in [1.82, 2.24) is 19.7 Å². The van der Waals surface area contributed by atoms with Crippen LogP contribution in [0.3, 0.4) is 0 Å². The molecule has 9 heteroatoms. The number of carbonyl (C=O) groups excluding carboxylic acids is 1. The number of ether oxygens (including phenoxy) is 1. The van der Waals surface area contributed by atoms with E-state index in [1.165, 1.54) is 6.07 Å². The summed E-state index contributed by atoms with van der Waals surface area (Å²) in [6.45, 7) is 0.744. The van der Waals surface area contributed by atoms with Crippen LogP contribution in [-0.2, 0) is 20.1 Å². The van der Waals surface area contributed by atoms with Gasteiger partial charge in [-0.15, -0.1) is 0 Å². The minimum Gasteiger partial charge on any atom is -0.508 e. The summed E-state index contributed by atoms with van der Waals surface area (Å²) < 4.78 is 6.92. The van der Waals surface area contributed by atoms with Crippen molar-refractivity contribution in [2.24, 2.45) is 7.05 Å². The van der Waals surface area contributed by atoms with E-state index in [-0.39, 0.29) is 28.7 Å². The molecular formula is C25H23N5O4. The Labute approximate surface area is 195 Å². The lowest BCUT2D eigenvalue weighted by Crippen LogP contribution is -2.26. The van der Waals surface area contributed by atoms with Crippen molar-refractivity contribution in [2.45, 2.75) is 13.1 Å². The van der Waals surface area contributed by atoms with Crippen molar-refractivity contribution in [1.29, 1.82) is 0 Å². The minimum absolute atomic E-state index is 0.0646. The minimum atomic E-state index is -0.367. The van der Waals surface area contributed by atoms with Crippen LogP contribution in [0.5, 0.6) is 17.2 Å². The molecule has 0 spiro atoms. The highest BCUT2D eigenvalue weighted by Gasteiger charge is 2.29. The Kier molecular flexibility index (Phi) is 5.29. The summed E-state index contributed by atoms with van der Waals surface area (Å²) in [6.07, 6.45) is 1.69. The maximum Gasteiger partial charge on any atom is 0.260 e. The number of nitrogens with one attached hydrogen (secondary N) is 1. The summed E-state index contributed by atoms with van der Waals surface area (Å²) in [7, 11) is 3.37. The zero-order valence-electron chi connectivity index (χ0n) is 18.7. The van der Waals surface area contributed by atoms with E-state index in [0.717, 1.165) is 22.9 Å². The van der Waals surface area contributed by atoms with Gasteiger partial charge < -0.3 is 25.2 Å². The second-order valence-electron chi connectivity index (χ2n) is 8.05. The Balaban J connectivity index is 1.47. The maximum atomic E-state index is 13.4. The number of rotatable bonds is 5. The Morgan fingerprint density at radius 2 is 1.94 bits per heavy atom. The number of fused-ring (bicyclic) bond motifs is 1. The van der Waals surface area contributed by atoms with E-state index in [0.29, 0.717) is 30.4 Å². The van der Waals surface area contributed by atoms with Gasteiger partial charge in [0.15, 0.2) is 0 Å². The second kappa shape index (κ2) is 8.43. The first-order chi connectivity index (χ1) is 16.4. The zero-order chi connectivity index (χ0) is 23.8. The lowest BCUT2D eigenvalue weighted by atomic mass is 10.1. The number of methoxy groups -OCH3 is 1. The summed E-state index contributed by atoms with van der Waals surface area (Å²) in [5, 5.41) is 28.4. The number of aromatic hydroxyl groups is 2. The van der Waals surface area contributed by atoms with Crippen molar-refractivity contribution in [3.63, 3.8) is 0 Å². The number of phenolic OH excluding ortho intramolecular Hbond substituents is 2. The molecule has 0 radical (unpaired) electrons. The van der Waals surface area contributed by atoms with E-state index in [1.54, 1.807) is 29.9 Å². The molecule has 4 aromatic rings. The van der Waals surface area contributed by atoms with Gasteiger partial charge in [0.2, 0.25) is 0 Å². The summed E-state index contributed by atoms with van der Waals surface area (Å²) in [6, 6.07) is 15.7. The largest absolute Gasteiger partial charge is 0.508 e. The van der Waals surface area contributed by atoms with Gasteiger partial charge in [0.1, 0.15) is 28.6 Å². The predicted octanol–water partition coefficient (Wildman–Crippen LogP) is 3.80. The van der Waals surface area contributed by atoms with Crippen molar-refractivity contribution >= 4 is 17.4 Å². The fourth-order valence-corrected chi connectivity index (χ4v) is 4.08. The molecule has 1 aliphatic rings. The summed E-state index contributed by atoms with van der Waals surface area (Å²) in [5.74, 6) is 0.436. The Morgan fingerprint density at radius 3 is 2.74 bits per heavy atom. The summed E-state index contributed by atoms with van der Waals surface area (Å²) in [5.41, 5.74) is 3.69. The van der Waals surface area contributed by atoms with Gasteiger partial charge in [-0.25, -0.2) is 0 Å². The quantitative estimate of drug-likeness (QED) is 0.418. The molecule has 9 nitrogen and oxygen atoms in total. The molecule has 2 aromatic carbocycles. The molecule has 3 N–H and O–H groups in total. The van der Waals surface area contributed by atoms with Crippen LogP contribution in [0.4, 0.5) is 11.5 Å². The fourth-order valence-electron chi connectivity index (χ4n) is 4.08. The molecule has 5 rings (SSSR count). The highest BCUT2D eigenvalue weighted by Crippen LogP contribution is 2.36. The van der Waals surface area contributed by atoms with Crippen molar-refractivity contribution in [2.75, 3.05) is 12.4 Å². The van der Waals surface area contributed by atoms with Crippen molar-refractivity contribution < 1.29 is 19.7 Å². The summed E-state index contributed by atoms with van der Waals surface area (Å²) in [4.78, 5) is 19.4. The van der Waals surface area contributed by atoms with Crippen LogP contribution in [0.25, 0.3) is 11.3 Å². The molecule has 2 aromatic heterocycles. The third kappa shape index (κ3) is 3.88. The van der Waals surface area contributed by atoms with Crippen LogP contribution in [0.2, 0.25) is 0 Å². The molecule has 0 bridgehead atoms. The topological polar surface area (TPSA) is 113 Å². The Hall–Kier alpha value is -4.53. The zero-order valence-corrected chi connectivity index (χ0v) is 18.7. The normalized spacial score (nSPS) is 12.5. The van der Waals surface area contributed by atoms with E-state index in [1.807, 2.05) is 42.5 Å². The standard InChI is InChI=1S/C25H23N5O4/c1-29-23(12-19(28-29)15-5-3-7-18(9-15)34-2)27-20-10-17(31)11-22(32)24(20)25(33)30-13-16-6-4-8-26-21(16)14-30/h3-12,27,31-32H,13-14H2,1-2H3. The van der Waals surface area contributed by atoms with E-state index < -0.39 is 0 Å². The molecule has 0 saturated heterocycles. The number of phenols is 2. The molecule has 1 amide bonds. The maximum absolute atomic E-state index is 13.4. The smallest absolute Gasteiger partial charge is 0.260 e. The number of hydrogen-bond acceptors (Lipinski definition) is 7. The first kappa shape index (κ1) is 21.3. The van der Waals surface area contributed by atoms with Gasteiger partial charge in [0.05, 0.1) is 30.7 Å². The molecule has 0 aliphatic carbocycles. The monoisotopic (exact) mass is 457 g/mol. The van der Waals surface area contributed by atoms with Crippen LogP contribution < -0.4 is 10.1 Å². The van der Waals surface area contributed by atoms with Crippen LogP contribution in [0, 0.1) is 0 Å². The van der Waals surface area contributed by atoms with E-state index in [2.05, 4.69) is 15.4 Å². The number of benzene rings is 2. The summed E-state index contributed by atoms with van der Waals surface area (Å²) >= 11 is 0. The van der Waals surface area contributed by atoms with Gasteiger partial charge >= 0.3 is 0 Å². The highest BCUT2D eigenvalue weighted by molar-refractivity contribution is 6.03. The van der Waals surface area contributed by atoms with Gasteiger partial charge in [-0.05, 0) is 23.8 Å². The fraction of sp³-hybridized carbons (Fsp3) is 0.160. The number of anilines is 2. The third-order valence-electron chi connectivity index (χ3n) is 5.80. The highest BCUT2D eigenvalue weighted by atomic mass is 16.5. The average molecular weight is 457 g/mol. The average Bonchev–Trinajstić information content (AvgIpc) is 3.42. The van der Waals surface area contributed by atoms with Crippen LogP contribution in [0.1, 0.15) is 21.6 Å². The first-order valence-electron chi connectivity index (χ1n) is 10.7. The van der Waals surface area contributed by atoms with Gasteiger partial charge in [0, 0.05) is 43.6 Å². The van der Waals surface area contributed by atoms with Gasteiger partial charge in [-0.3, -0.25) is 14.5 Å². The molecule has 172 valence electrons. The molecule has 34 heavy (non-hydrogen) atoms. The van der Waals surface area contributed by atoms with Crippen LogP contribution >= 0.6 is 0 Å². The molecule has 1 aliphatic heterocycles. The number of hydrogen-bond donors (Lipinski definition) is 3. The molecule has 0 fully saturated rings. The van der Waals surface area contributed by atoms with Gasteiger partial charge in [-0.1, -0.05) is 18.2 Å². The Bertz CT molecular complexity index is 1370. The Morgan fingerprint density at radius 1 is 1.09 bits per heavy atom. The van der Waals surface area contributed by atoms with Crippen molar-refractivity contribution in [3.05, 3.63) is 77.6 Å². The number of carbonyl (C=O) groups is 1. The van der Waals surface area contributed by atoms with Crippen LogP contribution in [0.15, 0.2) is 60.8 Å². The molecular weight excluding hydrogens is 434 g/mol. The van der Waals surface area contributed by atoms with E-state index in [4.69, 9.17) is 4.74 Å². The lowest BCUT2D eigenvalue weighted by Gasteiger charge is -2.19. The lowest BCUT2D eigenvalue weighted by molar-refractivity contribution is 0.0748. The molecule has 0 saturated carbocycles. The number of aryl methyl sites for hydroxylation is 1. The molecule has 3 heterocycles. The van der Waals surface area contributed by atoms with E-state index >= 15 is 0 Å². The number of nitrogens with zero attached hydrogens (tertiary/aromatic N) is 4. The molecule has 0 atom stereocenters. The predicted molar refractivity (Wildman–Crippen MR) is 126 cm³/mol. The van der Waals surface area contributed by atoms with Gasteiger partial charge in [0.25, 0.3) is 5.91 Å². The second-order valence-corrected chi connectivity index (χ2v) is 8.05. The molecule has 0 unspecified atom stereocenters. The number of aromatic nitrogens is 3. The van der Waals surface area contributed by atoms with Gasteiger partial charge in [-0.2, -0.15) is 5.10 Å². The number of pyridine rings is 1. The SMILES string of the molecule is COc1cccc(-c2cc(Nc3cc(O)cc(O)c3C(=O)N3Cc4cccnc4C3)n(C)n2)c1. The van der Waals surface area contributed by atoms with E-state index in [9.17, 15) is 15.0 Å². The van der Waals surface area contributed by atoms with Crippen molar-refractivity contribution in [3.8, 4) is 28.5 Å². The van der Waals surface area contributed by atoms with Crippen LogP contribution in [-0.4, -0.2) is 42.9 Å². The number of amides is 1.